The average molecular weight is 327 g/mol. The van der Waals surface area contributed by atoms with E-state index in [1.165, 1.54) is 0 Å². The first-order valence-corrected chi connectivity index (χ1v) is 5.71. The molecule has 3 N–H and O–H groups in total. The third-order valence-electron chi connectivity index (χ3n) is 2.34. The molecule has 0 aliphatic heterocycles. The van der Waals surface area contributed by atoms with Gasteiger partial charge in [0.15, 0.2) is 0 Å². The third kappa shape index (κ3) is 4.03. The molecule has 0 radical (unpaired) electrons. The minimum absolute atomic E-state index is 0. The van der Waals surface area contributed by atoms with Gasteiger partial charge in [-0.2, -0.15) is 0 Å². The molecule has 0 aliphatic rings. The van der Waals surface area contributed by atoms with Gasteiger partial charge in [0.1, 0.15) is 16.0 Å². The maximum absolute atomic E-state index is 8.85. The zero-order chi connectivity index (χ0) is 12.1. The van der Waals surface area contributed by atoms with E-state index in [-0.39, 0.29) is 25.1 Å². The SMILES string of the molecule is COc1cc([C@H](N)CCO)cc(OC)c1Br.Cl. The van der Waals surface area contributed by atoms with E-state index < -0.39 is 0 Å². The Morgan fingerprint density at radius 2 is 1.76 bits per heavy atom. The van der Waals surface area contributed by atoms with Crippen LogP contribution in [0.15, 0.2) is 16.6 Å². The van der Waals surface area contributed by atoms with Gasteiger partial charge in [0.2, 0.25) is 0 Å². The highest BCUT2D eigenvalue weighted by Crippen LogP contribution is 2.37. The lowest BCUT2D eigenvalue weighted by molar-refractivity contribution is 0.276. The number of aliphatic hydroxyl groups excluding tert-OH is 1. The normalized spacial score (nSPS) is 11.6. The summed E-state index contributed by atoms with van der Waals surface area (Å²) >= 11 is 3.38. The number of hydrogen-bond acceptors (Lipinski definition) is 4. The second-order valence-corrected chi connectivity index (χ2v) is 4.15. The molecular formula is C11H17BrClNO3. The van der Waals surface area contributed by atoms with Gasteiger partial charge in [-0.1, -0.05) is 0 Å². The molecule has 1 aromatic carbocycles. The van der Waals surface area contributed by atoms with Crippen molar-refractivity contribution in [1.29, 1.82) is 0 Å². The van der Waals surface area contributed by atoms with Gasteiger partial charge in [0.25, 0.3) is 0 Å². The molecule has 0 bridgehead atoms. The first-order valence-electron chi connectivity index (χ1n) is 4.91. The molecule has 0 saturated heterocycles. The molecule has 0 fully saturated rings. The first-order chi connectivity index (χ1) is 7.63. The summed E-state index contributed by atoms with van der Waals surface area (Å²) in [6.45, 7) is 0.0574. The highest BCUT2D eigenvalue weighted by Gasteiger charge is 2.13. The van der Waals surface area contributed by atoms with Crippen molar-refractivity contribution in [3.05, 3.63) is 22.2 Å². The second-order valence-electron chi connectivity index (χ2n) is 3.36. The van der Waals surface area contributed by atoms with Gasteiger partial charge in [-0.15, -0.1) is 12.4 Å². The van der Waals surface area contributed by atoms with Gasteiger partial charge in [0.05, 0.1) is 14.2 Å². The van der Waals surface area contributed by atoms with Crippen LogP contribution in [0.4, 0.5) is 0 Å². The molecular weight excluding hydrogens is 309 g/mol. The van der Waals surface area contributed by atoms with Crippen molar-refractivity contribution in [2.45, 2.75) is 12.5 Å². The standard InChI is InChI=1S/C11H16BrNO3.ClH/c1-15-9-5-7(8(13)3-4-14)6-10(16-2)11(9)12;/h5-6,8,14H,3-4,13H2,1-2H3;1H/t8-;/m1./s1. The molecule has 6 heteroatoms. The predicted octanol–water partition coefficient (Wildman–Crippen LogP) is 2.27. The van der Waals surface area contributed by atoms with Gasteiger partial charge in [-0.25, -0.2) is 0 Å². The largest absolute Gasteiger partial charge is 0.495 e. The van der Waals surface area contributed by atoms with E-state index in [0.717, 1.165) is 10.0 Å². The molecule has 1 aromatic rings. The highest BCUT2D eigenvalue weighted by atomic mass is 79.9. The van der Waals surface area contributed by atoms with Crippen molar-refractivity contribution in [3.8, 4) is 11.5 Å². The summed E-state index contributed by atoms with van der Waals surface area (Å²) in [6, 6.07) is 3.46. The van der Waals surface area contributed by atoms with E-state index in [1.54, 1.807) is 14.2 Å². The van der Waals surface area contributed by atoms with E-state index in [1.807, 2.05) is 12.1 Å². The maximum atomic E-state index is 8.85. The number of methoxy groups -OCH3 is 2. The van der Waals surface area contributed by atoms with Crippen LogP contribution in [0.5, 0.6) is 11.5 Å². The fourth-order valence-electron chi connectivity index (χ4n) is 1.41. The molecule has 0 amide bonds. The Labute approximate surface area is 116 Å². The average Bonchev–Trinajstić information content (AvgIpc) is 2.29. The number of rotatable bonds is 5. The summed E-state index contributed by atoms with van der Waals surface area (Å²) in [5.41, 5.74) is 6.80. The summed E-state index contributed by atoms with van der Waals surface area (Å²) in [4.78, 5) is 0. The van der Waals surface area contributed by atoms with Crippen LogP contribution >= 0.6 is 28.3 Å². The van der Waals surface area contributed by atoms with Crippen LogP contribution in [-0.4, -0.2) is 25.9 Å². The molecule has 98 valence electrons. The number of hydrogen-bond donors (Lipinski definition) is 2. The van der Waals surface area contributed by atoms with Crippen LogP contribution in [0, 0.1) is 0 Å². The fourth-order valence-corrected chi connectivity index (χ4v) is 1.96. The van der Waals surface area contributed by atoms with Gasteiger partial charge >= 0.3 is 0 Å². The van der Waals surface area contributed by atoms with Gasteiger partial charge in [-0.05, 0) is 40.0 Å². The minimum atomic E-state index is -0.221. The van der Waals surface area contributed by atoms with Crippen LogP contribution < -0.4 is 15.2 Å². The summed E-state index contributed by atoms with van der Waals surface area (Å²) < 4.78 is 11.2. The number of nitrogens with two attached hydrogens (primary N) is 1. The molecule has 4 nitrogen and oxygen atoms in total. The van der Waals surface area contributed by atoms with Crippen LogP contribution in [0.25, 0.3) is 0 Å². The number of ether oxygens (including phenoxy) is 2. The van der Waals surface area contributed by atoms with Crippen LogP contribution in [-0.2, 0) is 0 Å². The minimum Gasteiger partial charge on any atom is -0.495 e. The molecule has 1 rings (SSSR count). The maximum Gasteiger partial charge on any atom is 0.137 e. The smallest absolute Gasteiger partial charge is 0.137 e. The van der Waals surface area contributed by atoms with Crippen molar-refractivity contribution in [1.82, 2.24) is 0 Å². The Morgan fingerprint density at radius 1 is 1.29 bits per heavy atom. The van der Waals surface area contributed by atoms with E-state index in [4.69, 9.17) is 20.3 Å². The molecule has 0 spiro atoms. The van der Waals surface area contributed by atoms with E-state index >= 15 is 0 Å². The number of aliphatic hydroxyl groups is 1. The van der Waals surface area contributed by atoms with Crippen LogP contribution in [0.1, 0.15) is 18.0 Å². The van der Waals surface area contributed by atoms with Crippen LogP contribution in [0.3, 0.4) is 0 Å². The van der Waals surface area contributed by atoms with Gasteiger partial charge in [-0.3, -0.25) is 0 Å². The monoisotopic (exact) mass is 325 g/mol. The lowest BCUT2D eigenvalue weighted by Crippen LogP contribution is -2.12. The zero-order valence-electron chi connectivity index (χ0n) is 9.77. The van der Waals surface area contributed by atoms with E-state index in [0.29, 0.717) is 17.9 Å². The summed E-state index contributed by atoms with van der Waals surface area (Å²) in [5, 5.41) is 8.85. The Bertz CT molecular complexity index is 338. The number of benzene rings is 1. The molecule has 0 aliphatic carbocycles. The zero-order valence-corrected chi connectivity index (χ0v) is 12.2. The quantitative estimate of drug-likeness (QED) is 0.871. The third-order valence-corrected chi connectivity index (χ3v) is 3.12. The highest BCUT2D eigenvalue weighted by molar-refractivity contribution is 9.10. The first kappa shape index (κ1) is 16.5. The molecule has 17 heavy (non-hydrogen) atoms. The predicted molar refractivity (Wildman–Crippen MR) is 73.1 cm³/mol. The lowest BCUT2D eigenvalue weighted by atomic mass is 10.0. The van der Waals surface area contributed by atoms with Crippen molar-refractivity contribution < 1.29 is 14.6 Å². The lowest BCUT2D eigenvalue weighted by Gasteiger charge is -2.15. The molecule has 0 saturated carbocycles. The Balaban J connectivity index is 0.00000256. The van der Waals surface area contributed by atoms with Crippen molar-refractivity contribution >= 4 is 28.3 Å². The van der Waals surface area contributed by atoms with Gasteiger partial charge < -0.3 is 20.3 Å². The van der Waals surface area contributed by atoms with E-state index in [2.05, 4.69) is 15.9 Å². The Morgan fingerprint density at radius 3 is 2.12 bits per heavy atom. The molecule has 0 unspecified atom stereocenters. The summed E-state index contributed by atoms with van der Waals surface area (Å²) in [6.07, 6.45) is 0.508. The summed E-state index contributed by atoms with van der Waals surface area (Å²) in [7, 11) is 3.17. The fraction of sp³-hybridized carbons (Fsp3) is 0.455. The summed E-state index contributed by atoms with van der Waals surface area (Å²) in [5.74, 6) is 1.34. The van der Waals surface area contributed by atoms with Crippen molar-refractivity contribution in [2.75, 3.05) is 20.8 Å². The van der Waals surface area contributed by atoms with Gasteiger partial charge in [0, 0.05) is 12.6 Å². The van der Waals surface area contributed by atoms with Crippen molar-refractivity contribution in [3.63, 3.8) is 0 Å². The van der Waals surface area contributed by atoms with Crippen LogP contribution in [0.2, 0.25) is 0 Å². The molecule has 0 heterocycles. The second kappa shape index (κ2) is 7.76. The molecule has 0 aromatic heterocycles. The Hall–Kier alpha value is -0.490. The number of halogens is 2. The molecule has 1 atom stereocenters. The van der Waals surface area contributed by atoms with E-state index in [9.17, 15) is 0 Å². The Kier molecular flexibility index (Phi) is 7.54. The van der Waals surface area contributed by atoms with Crippen molar-refractivity contribution in [2.24, 2.45) is 5.73 Å². The topological polar surface area (TPSA) is 64.7 Å².